The third-order valence-corrected chi connectivity index (χ3v) is 5.40. The molecule has 0 unspecified atom stereocenters. The molecule has 2 amide bonds. The van der Waals surface area contributed by atoms with E-state index in [1.165, 1.54) is 12.1 Å². The second-order valence-corrected chi connectivity index (χ2v) is 6.96. The highest BCUT2D eigenvalue weighted by atomic mass is 16.6. The SMILES string of the molecule is CN(C(=O)Nc1ccc([N+](=O)[O-])cc1)C1CCN(C2CCOCC2)CC1. The van der Waals surface area contributed by atoms with Gasteiger partial charge in [-0.05, 0) is 37.8 Å². The van der Waals surface area contributed by atoms with Crippen molar-refractivity contribution in [3.63, 3.8) is 0 Å². The number of amides is 2. The summed E-state index contributed by atoms with van der Waals surface area (Å²) in [5.74, 6) is 0. The lowest BCUT2D eigenvalue weighted by Gasteiger charge is -2.41. The van der Waals surface area contributed by atoms with Crippen molar-refractivity contribution in [2.24, 2.45) is 0 Å². The highest BCUT2D eigenvalue weighted by Gasteiger charge is 2.29. The fraction of sp³-hybridized carbons (Fsp3) is 0.611. The Morgan fingerprint density at radius 3 is 2.38 bits per heavy atom. The second-order valence-electron chi connectivity index (χ2n) is 6.96. The van der Waals surface area contributed by atoms with Crippen molar-refractivity contribution >= 4 is 17.4 Å². The number of nitro benzene ring substituents is 1. The average molecular weight is 362 g/mol. The van der Waals surface area contributed by atoms with Crippen LogP contribution >= 0.6 is 0 Å². The quantitative estimate of drug-likeness (QED) is 0.657. The lowest BCUT2D eigenvalue weighted by molar-refractivity contribution is -0.384. The second kappa shape index (κ2) is 8.46. The molecule has 2 aliphatic heterocycles. The first kappa shape index (κ1) is 18.6. The number of likely N-dealkylation sites (tertiary alicyclic amines) is 1. The van der Waals surface area contributed by atoms with Crippen LogP contribution in [-0.2, 0) is 4.74 Å². The molecule has 2 aliphatic rings. The summed E-state index contributed by atoms with van der Waals surface area (Å²) >= 11 is 0. The maximum atomic E-state index is 12.5. The van der Waals surface area contributed by atoms with E-state index in [1.807, 2.05) is 7.05 Å². The normalized spacial score (nSPS) is 19.9. The molecule has 0 bridgehead atoms. The maximum absolute atomic E-state index is 12.5. The summed E-state index contributed by atoms with van der Waals surface area (Å²) in [4.78, 5) is 27.0. The Bertz CT molecular complexity index is 623. The van der Waals surface area contributed by atoms with E-state index in [1.54, 1.807) is 17.0 Å². The van der Waals surface area contributed by atoms with Gasteiger partial charge in [0.15, 0.2) is 0 Å². The van der Waals surface area contributed by atoms with Gasteiger partial charge in [-0.25, -0.2) is 4.79 Å². The zero-order valence-electron chi connectivity index (χ0n) is 15.1. The number of hydrogen-bond acceptors (Lipinski definition) is 5. The van der Waals surface area contributed by atoms with Gasteiger partial charge in [0.05, 0.1) is 4.92 Å². The number of benzene rings is 1. The fourth-order valence-corrected chi connectivity index (χ4v) is 3.73. The number of urea groups is 1. The van der Waals surface area contributed by atoms with Gasteiger partial charge < -0.3 is 19.9 Å². The molecular formula is C18H26N4O4. The molecule has 26 heavy (non-hydrogen) atoms. The zero-order chi connectivity index (χ0) is 18.5. The van der Waals surface area contributed by atoms with E-state index in [2.05, 4.69) is 10.2 Å². The number of anilines is 1. The molecule has 2 saturated heterocycles. The number of nitro groups is 1. The summed E-state index contributed by atoms with van der Waals surface area (Å²) in [7, 11) is 1.81. The first-order chi connectivity index (χ1) is 12.5. The number of nitrogens with one attached hydrogen (secondary N) is 1. The molecule has 1 N–H and O–H groups in total. The molecule has 2 fully saturated rings. The first-order valence-corrected chi connectivity index (χ1v) is 9.14. The van der Waals surface area contributed by atoms with Gasteiger partial charge in [-0.3, -0.25) is 10.1 Å². The van der Waals surface area contributed by atoms with E-state index < -0.39 is 4.92 Å². The Kier molecular flexibility index (Phi) is 6.05. The number of non-ortho nitro benzene ring substituents is 1. The van der Waals surface area contributed by atoms with Gasteiger partial charge in [0, 0.05) is 63.3 Å². The van der Waals surface area contributed by atoms with Crippen LogP contribution in [0.1, 0.15) is 25.7 Å². The van der Waals surface area contributed by atoms with Crippen LogP contribution < -0.4 is 5.32 Å². The minimum Gasteiger partial charge on any atom is -0.381 e. The van der Waals surface area contributed by atoms with Crippen LogP contribution in [0, 0.1) is 10.1 Å². The van der Waals surface area contributed by atoms with Gasteiger partial charge in [-0.2, -0.15) is 0 Å². The molecule has 0 aromatic heterocycles. The van der Waals surface area contributed by atoms with Gasteiger partial charge in [0.25, 0.3) is 5.69 Å². The number of nitrogens with zero attached hydrogens (tertiary/aromatic N) is 3. The smallest absolute Gasteiger partial charge is 0.321 e. The average Bonchev–Trinajstić information content (AvgIpc) is 2.68. The van der Waals surface area contributed by atoms with Gasteiger partial charge in [0.2, 0.25) is 0 Å². The number of piperidine rings is 1. The summed E-state index contributed by atoms with van der Waals surface area (Å²) in [6, 6.07) is 6.54. The molecule has 3 rings (SSSR count). The molecule has 1 aromatic carbocycles. The Morgan fingerprint density at radius 2 is 1.81 bits per heavy atom. The number of carbonyl (C=O) groups is 1. The standard InChI is InChI=1S/C18H26N4O4/c1-20(18(23)19-14-2-4-17(5-3-14)22(24)25)15-6-10-21(11-7-15)16-8-12-26-13-9-16/h2-5,15-16H,6-13H2,1H3,(H,19,23). The van der Waals surface area contributed by atoms with E-state index in [-0.39, 0.29) is 17.8 Å². The molecular weight excluding hydrogens is 336 g/mol. The van der Waals surface area contributed by atoms with Gasteiger partial charge >= 0.3 is 6.03 Å². The molecule has 0 saturated carbocycles. The van der Waals surface area contributed by atoms with Gasteiger partial charge in [-0.1, -0.05) is 0 Å². The zero-order valence-corrected chi connectivity index (χ0v) is 15.1. The largest absolute Gasteiger partial charge is 0.381 e. The third kappa shape index (κ3) is 4.50. The Balaban J connectivity index is 1.48. The lowest BCUT2D eigenvalue weighted by Crippen LogP contribution is -2.50. The third-order valence-electron chi connectivity index (χ3n) is 5.40. The Hall–Kier alpha value is -2.19. The molecule has 0 aliphatic carbocycles. The molecule has 1 aromatic rings. The predicted octanol–water partition coefficient (Wildman–Crippen LogP) is 2.70. The van der Waals surface area contributed by atoms with Crippen LogP contribution in [0.25, 0.3) is 0 Å². The monoisotopic (exact) mass is 362 g/mol. The van der Waals surface area contributed by atoms with E-state index in [9.17, 15) is 14.9 Å². The van der Waals surface area contributed by atoms with Crippen LogP contribution in [0.2, 0.25) is 0 Å². The minimum atomic E-state index is -0.454. The fourth-order valence-electron chi connectivity index (χ4n) is 3.73. The number of rotatable bonds is 4. The number of ether oxygens (including phenoxy) is 1. The van der Waals surface area contributed by atoms with Crippen molar-refractivity contribution in [2.75, 3.05) is 38.7 Å². The Labute approximate surface area is 153 Å². The highest BCUT2D eigenvalue weighted by Crippen LogP contribution is 2.23. The van der Waals surface area contributed by atoms with Crippen molar-refractivity contribution in [2.45, 2.75) is 37.8 Å². The molecule has 0 radical (unpaired) electrons. The molecule has 0 atom stereocenters. The van der Waals surface area contributed by atoms with E-state index in [4.69, 9.17) is 4.74 Å². The summed E-state index contributed by atoms with van der Waals surface area (Å²) < 4.78 is 5.43. The first-order valence-electron chi connectivity index (χ1n) is 9.14. The van der Waals surface area contributed by atoms with Crippen molar-refractivity contribution in [1.29, 1.82) is 0 Å². The van der Waals surface area contributed by atoms with Crippen molar-refractivity contribution < 1.29 is 14.5 Å². The Morgan fingerprint density at radius 1 is 1.19 bits per heavy atom. The van der Waals surface area contributed by atoms with E-state index in [0.29, 0.717) is 11.7 Å². The van der Waals surface area contributed by atoms with E-state index in [0.717, 1.165) is 52.0 Å². The van der Waals surface area contributed by atoms with Crippen LogP contribution in [0.4, 0.5) is 16.2 Å². The van der Waals surface area contributed by atoms with Crippen LogP contribution in [0.3, 0.4) is 0 Å². The van der Waals surface area contributed by atoms with E-state index >= 15 is 0 Å². The van der Waals surface area contributed by atoms with Crippen molar-refractivity contribution in [3.05, 3.63) is 34.4 Å². The molecule has 8 nitrogen and oxygen atoms in total. The summed E-state index contributed by atoms with van der Waals surface area (Å²) in [5, 5.41) is 13.5. The molecule has 2 heterocycles. The van der Waals surface area contributed by atoms with Crippen molar-refractivity contribution in [1.82, 2.24) is 9.80 Å². The predicted molar refractivity (Wildman–Crippen MR) is 98.3 cm³/mol. The van der Waals surface area contributed by atoms with Crippen LogP contribution in [0.5, 0.6) is 0 Å². The number of hydrogen-bond donors (Lipinski definition) is 1. The molecule has 8 heteroatoms. The van der Waals surface area contributed by atoms with Crippen molar-refractivity contribution in [3.8, 4) is 0 Å². The highest BCUT2D eigenvalue weighted by molar-refractivity contribution is 5.89. The molecule has 0 spiro atoms. The summed E-state index contributed by atoms with van der Waals surface area (Å²) in [6.07, 6.45) is 4.12. The lowest BCUT2D eigenvalue weighted by atomic mass is 9.99. The summed E-state index contributed by atoms with van der Waals surface area (Å²) in [6.45, 7) is 3.71. The maximum Gasteiger partial charge on any atom is 0.321 e. The summed E-state index contributed by atoms with van der Waals surface area (Å²) in [5.41, 5.74) is 0.573. The molecule has 142 valence electrons. The van der Waals surface area contributed by atoms with Gasteiger partial charge in [-0.15, -0.1) is 0 Å². The minimum absolute atomic E-state index is 0.0110. The van der Waals surface area contributed by atoms with Crippen LogP contribution in [0.15, 0.2) is 24.3 Å². The van der Waals surface area contributed by atoms with Gasteiger partial charge in [0.1, 0.15) is 0 Å². The van der Waals surface area contributed by atoms with Crippen LogP contribution in [-0.4, -0.2) is 66.2 Å². The number of carbonyl (C=O) groups excluding carboxylic acids is 1. The topological polar surface area (TPSA) is 88.0 Å².